The van der Waals surface area contributed by atoms with Crippen LogP contribution in [0.25, 0.3) is 0 Å². The van der Waals surface area contributed by atoms with Crippen molar-refractivity contribution in [1.82, 2.24) is 0 Å². The van der Waals surface area contributed by atoms with Crippen LogP contribution in [-0.4, -0.2) is 45.2 Å². The molecule has 0 bridgehead atoms. The molecule has 10 rings (SSSR count). The van der Waals surface area contributed by atoms with E-state index in [9.17, 15) is 0 Å². The molecule has 1 atom stereocenters. The molecule has 4 aromatic rings. The Morgan fingerprint density at radius 3 is 1.26 bits per heavy atom. The summed E-state index contributed by atoms with van der Waals surface area (Å²) in [4.78, 5) is 5.66. The van der Waals surface area contributed by atoms with Gasteiger partial charge in [-0.25, -0.2) is 0 Å². The molecule has 0 amide bonds. The first kappa shape index (κ1) is 43.5. The van der Waals surface area contributed by atoms with Gasteiger partial charge in [-0.3, -0.25) is 0 Å². The van der Waals surface area contributed by atoms with E-state index in [-0.39, 0.29) is 27.6 Å². The number of hydrogen-bond donors (Lipinski definition) is 4. The number of anilines is 4. The van der Waals surface area contributed by atoms with Gasteiger partial charge in [0.1, 0.15) is 0 Å². The predicted octanol–water partition coefficient (Wildman–Crippen LogP) is 15.3. The fourth-order valence-corrected chi connectivity index (χ4v) is 14.7. The van der Waals surface area contributed by atoms with Crippen molar-refractivity contribution in [2.75, 3.05) is 44.3 Å². The average molecular weight is 889 g/mol. The molecule has 2 aliphatic carbocycles. The van der Waals surface area contributed by atoms with Crippen LogP contribution >= 0.6 is 47.0 Å². The van der Waals surface area contributed by atoms with E-state index in [1.54, 1.807) is 0 Å². The number of allylic oxidation sites excluding steroid dienone is 2. The van der Waals surface area contributed by atoms with Gasteiger partial charge in [0.15, 0.2) is 0 Å². The lowest BCUT2D eigenvalue weighted by molar-refractivity contribution is 0.345. The minimum atomic E-state index is 0.156. The summed E-state index contributed by atoms with van der Waals surface area (Å²) < 4.78 is 0. The van der Waals surface area contributed by atoms with E-state index >= 15 is 0 Å². The molecule has 1 unspecified atom stereocenters. The highest BCUT2D eigenvalue weighted by Crippen LogP contribution is 2.51. The molecule has 61 heavy (non-hydrogen) atoms. The van der Waals surface area contributed by atoms with Crippen LogP contribution in [0.3, 0.4) is 0 Å². The normalized spacial score (nSPS) is 23.5. The first-order valence-corrected chi connectivity index (χ1v) is 26.9. The van der Waals surface area contributed by atoms with E-state index in [0.29, 0.717) is 11.8 Å². The van der Waals surface area contributed by atoms with Crippen LogP contribution in [0.5, 0.6) is 0 Å². The van der Waals surface area contributed by atoms with Crippen molar-refractivity contribution in [2.24, 2.45) is 5.92 Å². The molecule has 0 radical (unpaired) electrons. The maximum absolute atomic E-state index is 3.73. The Kier molecular flexibility index (Phi) is 12.1. The lowest BCUT2D eigenvalue weighted by Crippen LogP contribution is -2.37. The van der Waals surface area contributed by atoms with Crippen molar-refractivity contribution in [3.63, 3.8) is 0 Å². The molecule has 0 spiro atoms. The summed E-state index contributed by atoms with van der Waals surface area (Å²) in [5.41, 5.74) is 12.0. The Labute approximate surface area is 384 Å². The van der Waals surface area contributed by atoms with E-state index in [1.165, 1.54) is 116 Å². The number of rotatable bonds is 5. The minimum absolute atomic E-state index is 0.156. The van der Waals surface area contributed by atoms with Gasteiger partial charge in [-0.2, -0.15) is 0 Å². The molecule has 1 saturated carbocycles. The van der Waals surface area contributed by atoms with Crippen LogP contribution in [0.1, 0.15) is 135 Å². The highest BCUT2D eigenvalue weighted by molar-refractivity contribution is 8.00. The second-order valence-corrected chi connectivity index (χ2v) is 25.4. The van der Waals surface area contributed by atoms with E-state index < -0.39 is 0 Å². The monoisotopic (exact) mass is 888 g/mol. The molecule has 1 fully saturated rings. The van der Waals surface area contributed by atoms with Crippen LogP contribution in [0.4, 0.5) is 22.7 Å². The lowest BCUT2D eigenvalue weighted by Gasteiger charge is -2.41. The third kappa shape index (κ3) is 9.54. The maximum Gasteiger partial charge on any atom is 0.0482 e. The van der Waals surface area contributed by atoms with Crippen molar-refractivity contribution < 1.29 is 0 Å². The molecule has 324 valence electrons. The molecule has 4 aromatic carbocycles. The molecular weight excluding hydrogens is 821 g/mol. The first-order valence-electron chi connectivity index (χ1n) is 22.9. The van der Waals surface area contributed by atoms with Crippen LogP contribution in [0.2, 0.25) is 0 Å². The molecule has 0 aromatic heterocycles. The van der Waals surface area contributed by atoms with Crippen LogP contribution in [0.15, 0.2) is 105 Å². The van der Waals surface area contributed by atoms with Gasteiger partial charge in [-0.15, -0.1) is 47.0 Å². The molecule has 4 heterocycles. The van der Waals surface area contributed by atoms with Gasteiger partial charge in [-0.05, 0) is 164 Å². The summed E-state index contributed by atoms with van der Waals surface area (Å²) in [6, 6.07) is 28.8. The Bertz CT molecular complexity index is 2140. The van der Waals surface area contributed by atoms with Crippen molar-refractivity contribution >= 4 is 69.8 Å². The molecule has 4 N–H and O–H groups in total. The van der Waals surface area contributed by atoms with Crippen LogP contribution in [0, 0.1) is 5.92 Å². The quantitative estimate of drug-likeness (QED) is 0.148. The highest BCUT2D eigenvalue weighted by Gasteiger charge is 2.38. The summed E-state index contributed by atoms with van der Waals surface area (Å²) in [5.74, 6) is 5.57. The molecule has 6 aliphatic rings. The first-order chi connectivity index (χ1) is 29.1. The third-order valence-electron chi connectivity index (χ3n) is 13.5. The van der Waals surface area contributed by atoms with Gasteiger partial charge < -0.3 is 21.3 Å². The third-order valence-corrected chi connectivity index (χ3v) is 19.6. The summed E-state index contributed by atoms with van der Waals surface area (Å²) in [7, 11) is 0. The van der Waals surface area contributed by atoms with Gasteiger partial charge in [0.05, 0.1) is 0 Å². The highest BCUT2D eigenvalue weighted by atomic mass is 32.2. The van der Waals surface area contributed by atoms with E-state index in [4.69, 9.17) is 0 Å². The minimum Gasteiger partial charge on any atom is -0.378 e. The van der Waals surface area contributed by atoms with Crippen LogP contribution in [-0.2, 0) is 5.41 Å². The second kappa shape index (κ2) is 17.0. The summed E-state index contributed by atoms with van der Waals surface area (Å²) in [6.07, 6.45) is 14.9. The number of nitrogens with one attached hydrogen (secondary N) is 4. The van der Waals surface area contributed by atoms with Crippen molar-refractivity contribution in [1.29, 1.82) is 0 Å². The van der Waals surface area contributed by atoms with E-state index in [1.807, 2.05) is 47.0 Å². The SMILES string of the molecule is CC1(C)CSc2cc(C(c3ccc4c(c3)SCC(C)(C)N4)C3CC=CCC3)ccc2N1.CC1(C)CSc2cc(C3(c4ccc5c(c4)SCC(C)(C)N5)CCCCC3)ccc2N1. The van der Waals surface area contributed by atoms with Gasteiger partial charge in [0, 0.05) is 98.8 Å². The van der Waals surface area contributed by atoms with Gasteiger partial charge in [0.25, 0.3) is 0 Å². The Balaban J connectivity index is 0.000000156. The van der Waals surface area contributed by atoms with E-state index in [0.717, 1.165) is 23.0 Å². The lowest BCUT2D eigenvalue weighted by atomic mass is 9.65. The molecule has 4 aliphatic heterocycles. The Morgan fingerprint density at radius 2 is 0.869 bits per heavy atom. The fraction of sp³-hybridized carbons (Fsp3) is 0.509. The molecule has 0 saturated heterocycles. The summed E-state index contributed by atoms with van der Waals surface area (Å²) in [5, 5.41) is 14.9. The number of thioether (sulfide) groups is 4. The number of fused-ring (bicyclic) bond motifs is 4. The van der Waals surface area contributed by atoms with Crippen LogP contribution < -0.4 is 21.3 Å². The average Bonchev–Trinajstić information content (AvgIpc) is 3.23. The molecule has 8 heteroatoms. The predicted molar refractivity (Wildman–Crippen MR) is 272 cm³/mol. The zero-order valence-electron chi connectivity index (χ0n) is 37.9. The Hall–Kier alpha value is -2.78. The summed E-state index contributed by atoms with van der Waals surface area (Å²) >= 11 is 8.03. The maximum atomic E-state index is 3.73. The Morgan fingerprint density at radius 1 is 0.475 bits per heavy atom. The smallest absolute Gasteiger partial charge is 0.0482 e. The van der Waals surface area contributed by atoms with E-state index in [2.05, 4.69) is 162 Å². The molecular formula is C53H68N4S4. The zero-order chi connectivity index (χ0) is 42.6. The van der Waals surface area contributed by atoms with Gasteiger partial charge in [0.2, 0.25) is 0 Å². The standard InChI is InChI=1S/C27H34N2S2.C26H34N2S2/c1-26(2)16-30-23-14-19(10-12-21(23)28-26)25(18-8-6-5-7-9-18)20-11-13-22-24(15-20)31-17-27(3,4)29-22;1-24(2)16-29-22-14-18(8-10-20(22)27-24)26(12-6-5-7-13-26)19-9-11-21-23(15-19)30-17-25(3,4)28-21/h5-6,10-15,18,25,28-29H,7-9,16-17H2,1-4H3;8-11,14-15,27-28H,5-7,12-13,16-17H2,1-4H3. The van der Waals surface area contributed by atoms with Crippen molar-refractivity contribution in [3.05, 3.63) is 107 Å². The molecule has 4 nitrogen and oxygen atoms in total. The van der Waals surface area contributed by atoms with Crippen molar-refractivity contribution in [2.45, 2.75) is 160 Å². The number of benzene rings is 4. The van der Waals surface area contributed by atoms with Gasteiger partial charge in [-0.1, -0.05) is 55.7 Å². The fourth-order valence-electron chi connectivity index (χ4n) is 10.4. The second-order valence-electron chi connectivity index (χ2n) is 21.3. The topological polar surface area (TPSA) is 48.1 Å². The summed E-state index contributed by atoms with van der Waals surface area (Å²) in [6.45, 7) is 18.3. The largest absolute Gasteiger partial charge is 0.378 e. The van der Waals surface area contributed by atoms with Crippen molar-refractivity contribution in [3.8, 4) is 0 Å². The van der Waals surface area contributed by atoms with Gasteiger partial charge >= 0.3 is 0 Å². The number of hydrogen-bond acceptors (Lipinski definition) is 8. The zero-order valence-corrected chi connectivity index (χ0v) is 41.1.